The minimum atomic E-state index is -0.363. The molecule has 2 atom stereocenters. The van der Waals surface area contributed by atoms with Gasteiger partial charge in [-0.1, -0.05) is 6.92 Å². The first kappa shape index (κ1) is 11.5. The fourth-order valence-electron chi connectivity index (χ4n) is 1.72. The summed E-state index contributed by atoms with van der Waals surface area (Å²) in [5.74, 6) is 0.552. The molecule has 14 heavy (non-hydrogen) atoms. The van der Waals surface area contributed by atoms with Crippen LogP contribution in [0.15, 0.2) is 0 Å². The fourth-order valence-corrected chi connectivity index (χ4v) is 1.72. The van der Waals surface area contributed by atoms with Crippen molar-refractivity contribution in [2.24, 2.45) is 11.8 Å². The quantitative estimate of drug-likeness (QED) is 0.651. The molecule has 1 aliphatic heterocycles. The number of esters is 1. The molecule has 1 heterocycles. The van der Waals surface area contributed by atoms with Gasteiger partial charge in [0.2, 0.25) is 0 Å². The fraction of sp³-hybridized carbons (Fsp3) is 0.909. The highest BCUT2D eigenvalue weighted by Crippen LogP contribution is 2.19. The second kappa shape index (κ2) is 4.30. The molecule has 0 aromatic heterocycles. The van der Waals surface area contributed by atoms with Crippen molar-refractivity contribution in [1.82, 2.24) is 5.32 Å². The molecule has 0 aliphatic carbocycles. The van der Waals surface area contributed by atoms with Gasteiger partial charge >= 0.3 is 5.97 Å². The zero-order valence-corrected chi connectivity index (χ0v) is 9.59. The molecule has 0 radical (unpaired) electrons. The van der Waals surface area contributed by atoms with E-state index < -0.39 is 0 Å². The van der Waals surface area contributed by atoms with E-state index in [0.717, 1.165) is 19.5 Å². The molecule has 0 spiro atoms. The first-order valence-electron chi connectivity index (χ1n) is 5.32. The molecule has 0 saturated carbocycles. The van der Waals surface area contributed by atoms with Crippen LogP contribution in [0.25, 0.3) is 0 Å². The molecule has 0 amide bonds. The van der Waals surface area contributed by atoms with Gasteiger partial charge in [-0.2, -0.15) is 0 Å². The van der Waals surface area contributed by atoms with E-state index in [1.54, 1.807) is 0 Å². The number of rotatable bonds is 1. The van der Waals surface area contributed by atoms with Gasteiger partial charge in [-0.25, -0.2) is 0 Å². The van der Waals surface area contributed by atoms with Crippen LogP contribution in [0.5, 0.6) is 0 Å². The Hall–Kier alpha value is -0.570. The predicted molar refractivity (Wildman–Crippen MR) is 56.0 cm³/mol. The maximum Gasteiger partial charge on any atom is 0.310 e. The summed E-state index contributed by atoms with van der Waals surface area (Å²) < 4.78 is 5.35. The van der Waals surface area contributed by atoms with Crippen LogP contribution in [0.4, 0.5) is 0 Å². The highest BCUT2D eigenvalue weighted by molar-refractivity contribution is 5.73. The molecule has 0 aromatic rings. The summed E-state index contributed by atoms with van der Waals surface area (Å²) in [6.07, 6.45) is 0.946. The predicted octanol–water partition coefficient (Wildman–Crippen LogP) is 1.57. The Kier molecular flexibility index (Phi) is 3.53. The third kappa shape index (κ3) is 3.66. The Morgan fingerprint density at radius 2 is 2.00 bits per heavy atom. The largest absolute Gasteiger partial charge is 0.460 e. The van der Waals surface area contributed by atoms with Gasteiger partial charge in [-0.05, 0) is 39.7 Å². The van der Waals surface area contributed by atoms with Crippen LogP contribution in [0.3, 0.4) is 0 Å². The van der Waals surface area contributed by atoms with Crippen molar-refractivity contribution < 1.29 is 9.53 Å². The highest BCUT2D eigenvalue weighted by Gasteiger charge is 2.28. The van der Waals surface area contributed by atoms with Crippen molar-refractivity contribution in [3.8, 4) is 0 Å². The van der Waals surface area contributed by atoms with E-state index in [0.29, 0.717) is 5.92 Å². The lowest BCUT2D eigenvalue weighted by Crippen LogP contribution is -2.41. The number of hydrogen-bond donors (Lipinski definition) is 1. The zero-order chi connectivity index (χ0) is 10.8. The summed E-state index contributed by atoms with van der Waals surface area (Å²) in [5, 5.41) is 3.25. The summed E-state index contributed by atoms with van der Waals surface area (Å²) in [6, 6.07) is 0. The minimum absolute atomic E-state index is 0.0398. The first-order valence-corrected chi connectivity index (χ1v) is 5.32. The molecule has 3 nitrogen and oxygen atoms in total. The molecule has 1 saturated heterocycles. The maximum absolute atomic E-state index is 11.7. The number of carbonyl (C=O) groups is 1. The van der Waals surface area contributed by atoms with Crippen LogP contribution in [0, 0.1) is 11.8 Å². The Balaban J connectivity index is 2.44. The average molecular weight is 199 g/mol. The van der Waals surface area contributed by atoms with E-state index in [2.05, 4.69) is 12.2 Å². The minimum Gasteiger partial charge on any atom is -0.460 e. The van der Waals surface area contributed by atoms with Crippen molar-refractivity contribution in [2.45, 2.75) is 39.7 Å². The average Bonchev–Trinajstić information content (AvgIpc) is 2.01. The van der Waals surface area contributed by atoms with Gasteiger partial charge in [0, 0.05) is 6.54 Å². The maximum atomic E-state index is 11.7. The lowest BCUT2D eigenvalue weighted by Gasteiger charge is -2.29. The van der Waals surface area contributed by atoms with Gasteiger partial charge in [0.1, 0.15) is 5.60 Å². The van der Waals surface area contributed by atoms with Crippen LogP contribution in [-0.2, 0) is 9.53 Å². The summed E-state index contributed by atoms with van der Waals surface area (Å²) in [6.45, 7) is 9.65. The molecule has 0 aromatic carbocycles. The SMILES string of the molecule is CC1CNCC(C(=O)OC(C)(C)C)C1. The van der Waals surface area contributed by atoms with Gasteiger partial charge < -0.3 is 10.1 Å². The molecule has 3 heteroatoms. The van der Waals surface area contributed by atoms with Crippen molar-refractivity contribution >= 4 is 5.97 Å². The summed E-state index contributed by atoms with van der Waals surface area (Å²) in [7, 11) is 0. The van der Waals surface area contributed by atoms with Gasteiger partial charge in [-0.3, -0.25) is 4.79 Å². The van der Waals surface area contributed by atoms with E-state index in [1.807, 2.05) is 20.8 Å². The van der Waals surface area contributed by atoms with Crippen molar-refractivity contribution in [1.29, 1.82) is 0 Å². The van der Waals surface area contributed by atoms with Gasteiger partial charge in [0.25, 0.3) is 0 Å². The van der Waals surface area contributed by atoms with Crippen LogP contribution in [0.2, 0.25) is 0 Å². The number of nitrogens with one attached hydrogen (secondary N) is 1. The lowest BCUT2D eigenvalue weighted by molar-refractivity contribution is -0.161. The topological polar surface area (TPSA) is 38.3 Å². The van der Waals surface area contributed by atoms with Gasteiger partial charge in [-0.15, -0.1) is 0 Å². The first-order chi connectivity index (χ1) is 6.38. The second-order valence-corrected chi connectivity index (χ2v) is 5.23. The summed E-state index contributed by atoms with van der Waals surface area (Å²) in [4.78, 5) is 11.7. The third-order valence-corrected chi connectivity index (χ3v) is 2.31. The van der Waals surface area contributed by atoms with E-state index in [9.17, 15) is 4.79 Å². The molecule has 1 rings (SSSR count). The number of ether oxygens (including phenoxy) is 1. The van der Waals surface area contributed by atoms with Crippen molar-refractivity contribution in [2.75, 3.05) is 13.1 Å². The standard InChI is InChI=1S/C11H21NO2/c1-8-5-9(7-12-6-8)10(13)14-11(2,3)4/h8-9,12H,5-7H2,1-4H3. The number of hydrogen-bond acceptors (Lipinski definition) is 3. The Labute approximate surface area is 86.2 Å². The normalized spacial score (nSPS) is 28.6. The molecule has 1 N–H and O–H groups in total. The van der Waals surface area contributed by atoms with Crippen LogP contribution in [0.1, 0.15) is 34.1 Å². The monoisotopic (exact) mass is 199 g/mol. The van der Waals surface area contributed by atoms with Gasteiger partial charge in [0.15, 0.2) is 0 Å². The molecule has 1 fully saturated rings. The second-order valence-electron chi connectivity index (χ2n) is 5.23. The van der Waals surface area contributed by atoms with Crippen molar-refractivity contribution in [3.05, 3.63) is 0 Å². The van der Waals surface area contributed by atoms with Crippen LogP contribution >= 0.6 is 0 Å². The molecule has 1 aliphatic rings. The van der Waals surface area contributed by atoms with E-state index >= 15 is 0 Å². The van der Waals surface area contributed by atoms with Crippen molar-refractivity contribution in [3.63, 3.8) is 0 Å². The van der Waals surface area contributed by atoms with E-state index in [4.69, 9.17) is 4.74 Å². The zero-order valence-electron chi connectivity index (χ0n) is 9.59. The Morgan fingerprint density at radius 3 is 2.50 bits per heavy atom. The smallest absolute Gasteiger partial charge is 0.310 e. The molecular formula is C11H21NO2. The molecular weight excluding hydrogens is 178 g/mol. The van der Waals surface area contributed by atoms with Crippen LogP contribution in [-0.4, -0.2) is 24.7 Å². The van der Waals surface area contributed by atoms with E-state index in [-0.39, 0.29) is 17.5 Å². The van der Waals surface area contributed by atoms with Crippen LogP contribution < -0.4 is 5.32 Å². The molecule has 0 bridgehead atoms. The van der Waals surface area contributed by atoms with E-state index in [1.165, 1.54) is 0 Å². The molecule has 82 valence electrons. The number of piperidine rings is 1. The summed E-state index contributed by atoms with van der Waals surface area (Å²) in [5.41, 5.74) is -0.363. The third-order valence-electron chi connectivity index (χ3n) is 2.31. The Morgan fingerprint density at radius 1 is 1.36 bits per heavy atom. The Bertz CT molecular complexity index is 208. The highest BCUT2D eigenvalue weighted by atomic mass is 16.6. The summed E-state index contributed by atoms with van der Waals surface area (Å²) >= 11 is 0. The lowest BCUT2D eigenvalue weighted by atomic mass is 9.92. The molecule has 2 unspecified atom stereocenters. The van der Waals surface area contributed by atoms with Gasteiger partial charge in [0.05, 0.1) is 5.92 Å². The number of carbonyl (C=O) groups excluding carboxylic acids is 1.